The van der Waals surface area contributed by atoms with Crippen LogP contribution in [-0.4, -0.2) is 39.1 Å². The molecule has 0 aliphatic carbocycles. The topological polar surface area (TPSA) is 74.7 Å². The summed E-state index contributed by atoms with van der Waals surface area (Å²) in [7, 11) is 0. The number of allylic oxidation sites excluding steroid dienone is 1. The molecule has 0 saturated carbocycles. The molecule has 0 aromatic carbocycles. The summed E-state index contributed by atoms with van der Waals surface area (Å²) in [5, 5.41) is 10.0. The zero-order valence-electron chi connectivity index (χ0n) is 17.9. The van der Waals surface area contributed by atoms with Gasteiger partial charge in [-0.2, -0.15) is 12.6 Å². The Bertz CT molecular complexity index is 585. The molecule has 1 aliphatic rings. The van der Waals surface area contributed by atoms with E-state index in [1.807, 2.05) is 6.92 Å². The molecule has 1 heterocycles. The number of carboxylic acid groups (broad SMARTS) is 1. The maximum Gasteiger partial charge on any atom is 0.335 e. The molecule has 0 aromatic heterocycles. The van der Waals surface area contributed by atoms with Gasteiger partial charge in [-0.25, -0.2) is 4.79 Å². The van der Waals surface area contributed by atoms with Crippen LogP contribution in [0.4, 0.5) is 0 Å². The zero-order chi connectivity index (χ0) is 21.3. The van der Waals surface area contributed by atoms with Gasteiger partial charge in [-0.3, -0.25) is 14.5 Å². The molecule has 6 heteroatoms. The number of likely N-dealkylation sites (tertiary alicyclic amines) is 1. The number of carbonyl (C=O) groups is 3. The Kier molecular flexibility index (Phi) is 10.3. The van der Waals surface area contributed by atoms with E-state index in [2.05, 4.69) is 26.5 Å². The summed E-state index contributed by atoms with van der Waals surface area (Å²) < 4.78 is 0. The van der Waals surface area contributed by atoms with E-state index < -0.39 is 23.3 Å². The predicted octanol–water partition coefficient (Wildman–Crippen LogP) is 5.00. The number of hydrogen-bond acceptors (Lipinski definition) is 4. The number of aliphatic carboxylic acids is 1. The first-order chi connectivity index (χ1) is 13.2. The van der Waals surface area contributed by atoms with Crippen molar-refractivity contribution in [1.82, 2.24) is 4.90 Å². The van der Waals surface area contributed by atoms with Crippen LogP contribution < -0.4 is 0 Å². The Morgan fingerprint density at radius 2 is 1.57 bits per heavy atom. The molecular weight excluding hydrogens is 374 g/mol. The summed E-state index contributed by atoms with van der Waals surface area (Å²) in [4.78, 5) is 37.8. The van der Waals surface area contributed by atoms with Crippen molar-refractivity contribution >= 4 is 30.4 Å². The average Bonchev–Trinajstić information content (AvgIpc) is 3.00. The molecule has 1 fully saturated rings. The highest BCUT2D eigenvalue weighted by molar-refractivity contribution is 7.80. The van der Waals surface area contributed by atoms with Gasteiger partial charge in [0.1, 0.15) is 0 Å². The number of carboxylic acids is 1. The third-order valence-corrected chi connectivity index (χ3v) is 6.67. The minimum absolute atomic E-state index is 0.0710. The van der Waals surface area contributed by atoms with Crippen LogP contribution in [0.2, 0.25) is 0 Å². The van der Waals surface area contributed by atoms with Crippen molar-refractivity contribution in [1.29, 1.82) is 0 Å². The fraction of sp³-hybridized carbons (Fsp3) is 0.773. The smallest absolute Gasteiger partial charge is 0.335 e. The number of rotatable bonds is 13. The lowest BCUT2D eigenvalue weighted by atomic mass is 9.82. The van der Waals surface area contributed by atoms with Crippen molar-refractivity contribution in [3.63, 3.8) is 0 Å². The lowest BCUT2D eigenvalue weighted by Crippen LogP contribution is -2.59. The maximum atomic E-state index is 12.3. The second kappa shape index (κ2) is 11.6. The largest absolute Gasteiger partial charge is 0.479 e. The maximum absolute atomic E-state index is 12.3. The van der Waals surface area contributed by atoms with Gasteiger partial charge in [0.25, 0.3) is 0 Å². The monoisotopic (exact) mass is 411 g/mol. The predicted molar refractivity (Wildman–Crippen MR) is 115 cm³/mol. The fourth-order valence-electron chi connectivity index (χ4n) is 4.00. The van der Waals surface area contributed by atoms with Crippen molar-refractivity contribution in [2.45, 2.75) is 97.4 Å². The van der Waals surface area contributed by atoms with Crippen LogP contribution >= 0.6 is 12.6 Å². The van der Waals surface area contributed by atoms with Gasteiger partial charge in [0.15, 0.2) is 5.54 Å². The molecule has 5 nitrogen and oxygen atoms in total. The van der Waals surface area contributed by atoms with Gasteiger partial charge in [-0.05, 0) is 31.8 Å². The molecule has 1 saturated heterocycles. The highest BCUT2D eigenvalue weighted by atomic mass is 32.1. The molecule has 2 amide bonds. The van der Waals surface area contributed by atoms with E-state index in [4.69, 9.17) is 0 Å². The van der Waals surface area contributed by atoms with E-state index in [0.29, 0.717) is 5.57 Å². The number of hydrogen-bond donors (Lipinski definition) is 2. The Morgan fingerprint density at radius 1 is 1.07 bits per heavy atom. The quantitative estimate of drug-likeness (QED) is 0.193. The van der Waals surface area contributed by atoms with Gasteiger partial charge in [0.05, 0.1) is 0 Å². The van der Waals surface area contributed by atoms with E-state index in [9.17, 15) is 19.5 Å². The van der Waals surface area contributed by atoms with Gasteiger partial charge >= 0.3 is 5.97 Å². The summed E-state index contributed by atoms with van der Waals surface area (Å²) in [5.41, 5.74) is -0.185. The second-order valence-electron chi connectivity index (χ2n) is 8.07. The van der Waals surface area contributed by atoms with E-state index >= 15 is 0 Å². The van der Waals surface area contributed by atoms with Crippen LogP contribution in [-0.2, 0) is 14.4 Å². The molecule has 0 aromatic rings. The molecule has 160 valence electrons. The lowest BCUT2D eigenvalue weighted by Gasteiger charge is -2.38. The van der Waals surface area contributed by atoms with Gasteiger partial charge < -0.3 is 5.11 Å². The molecular formula is C22H37NO4S. The molecule has 1 rings (SSSR count). The third kappa shape index (κ3) is 5.62. The van der Waals surface area contributed by atoms with Gasteiger partial charge in [0.2, 0.25) is 11.8 Å². The first-order valence-corrected chi connectivity index (χ1v) is 11.2. The van der Waals surface area contributed by atoms with Crippen LogP contribution in [0.5, 0.6) is 0 Å². The summed E-state index contributed by atoms with van der Waals surface area (Å²) in [6, 6.07) is 0. The van der Waals surface area contributed by atoms with Crippen LogP contribution in [0, 0.1) is 5.92 Å². The van der Waals surface area contributed by atoms with Gasteiger partial charge in [-0.1, -0.05) is 64.4 Å². The summed E-state index contributed by atoms with van der Waals surface area (Å²) in [6.07, 6.45) is 9.75. The molecule has 0 bridgehead atoms. The minimum Gasteiger partial charge on any atom is -0.479 e. The van der Waals surface area contributed by atoms with E-state index in [1.165, 1.54) is 38.5 Å². The highest BCUT2D eigenvalue weighted by Gasteiger charge is 2.53. The van der Waals surface area contributed by atoms with Gasteiger partial charge in [-0.15, -0.1) is 0 Å². The number of amides is 2. The Labute approximate surface area is 175 Å². The molecule has 0 radical (unpaired) electrons. The molecule has 1 unspecified atom stereocenters. The summed E-state index contributed by atoms with van der Waals surface area (Å²) in [5.74, 6) is -1.96. The van der Waals surface area contributed by atoms with Crippen molar-refractivity contribution < 1.29 is 19.5 Å². The SMILES string of the molecule is CCCCCCCCCC(C)C(C)=C(C)[C@](CS)(C(=O)O)N1C(=O)CCC1=O. The molecule has 1 aliphatic heterocycles. The van der Waals surface area contributed by atoms with Crippen molar-refractivity contribution in [3.05, 3.63) is 11.1 Å². The summed E-state index contributed by atoms with van der Waals surface area (Å²) in [6.45, 7) is 7.96. The third-order valence-electron chi connectivity index (χ3n) is 6.21. The molecule has 1 N–H and O–H groups in total. The van der Waals surface area contributed by atoms with Crippen LogP contribution in [0.25, 0.3) is 0 Å². The highest BCUT2D eigenvalue weighted by Crippen LogP contribution is 2.36. The van der Waals surface area contributed by atoms with Crippen molar-refractivity contribution in [2.24, 2.45) is 5.92 Å². The second-order valence-corrected chi connectivity index (χ2v) is 8.38. The number of nitrogens with zero attached hydrogens (tertiary/aromatic N) is 1. The zero-order valence-corrected chi connectivity index (χ0v) is 18.8. The van der Waals surface area contributed by atoms with Crippen molar-refractivity contribution in [2.75, 3.05) is 5.75 Å². The van der Waals surface area contributed by atoms with Crippen molar-refractivity contribution in [3.8, 4) is 0 Å². The Hall–Kier alpha value is -1.30. The standard InChI is InChI=1S/C22H37NO4S/c1-5-6-7-8-9-10-11-12-16(2)17(3)18(4)22(15-28,21(26)27)23-19(24)13-14-20(23)25/h16,28H,5-15H2,1-4H3,(H,26,27)/t16?,22-/m1/s1. The number of imide groups is 1. The van der Waals surface area contributed by atoms with E-state index in [1.54, 1.807) is 6.92 Å². The van der Waals surface area contributed by atoms with E-state index in [-0.39, 0.29) is 24.5 Å². The summed E-state index contributed by atoms with van der Waals surface area (Å²) >= 11 is 4.26. The number of thiol groups is 1. The Morgan fingerprint density at radius 3 is 2.04 bits per heavy atom. The number of carbonyl (C=O) groups excluding carboxylic acids is 2. The lowest BCUT2D eigenvalue weighted by molar-refractivity contribution is -0.158. The van der Waals surface area contributed by atoms with Gasteiger partial charge in [0, 0.05) is 18.6 Å². The molecule has 2 atom stereocenters. The Balaban J connectivity index is 2.89. The molecule has 0 spiro atoms. The first-order valence-electron chi connectivity index (χ1n) is 10.6. The van der Waals surface area contributed by atoms with Crippen LogP contribution in [0.1, 0.15) is 91.9 Å². The van der Waals surface area contributed by atoms with Crippen LogP contribution in [0.3, 0.4) is 0 Å². The number of unbranched alkanes of at least 4 members (excludes halogenated alkanes) is 6. The fourth-order valence-corrected chi connectivity index (χ4v) is 4.52. The minimum atomic E-state index is -1.69. The normalized spacial score (nSPS) is 18.8. The first kappa shape index (κ1) is 24.7. The molecule has 28 heavy (non-hydrogen) atoms. The average molecular weight is 412 g/mol. The van der Waals surface area contributed by atoms with E-state index in [0.717, 1.165) is 23.3 Å². The van der Waals surface area contributed by atoms with Crippen LogP contribution in [0.15, 0.2) is 11.1 Å².